The predicted molar refractivity (Wildman–Crippen MR) is 86.6 cm³/mol. The Bertz CT molecular complexity index is 681. The summed E-state index contributed by atoms with van der Waals surface area (Å²) in [6, 6.07) is 8.29. The van der Waals surface area contributed by atoms with Crippen LogP contribution in [0.5, 0.6) is 5.88 Å². The number of aromatic nitrogens is 1. The minimum atomic E-state index is -0.246. The Morgan fingerprint density at radius 1 is 1.09 bits per heavy atom. The molecule has 1 saturated heterocycles. The van der Waals surface area contributed by atoms with E-state index < -0.39 is 0 Å². The van der Waals surface area contributed by atoms with Gasteiger partial charge in [-0.2, -0.15) is 0 Å². The fourth-order valence-corrected chi connectivity index (χ4v) is 3.63. The maximum absolute atomic E-state index is 13.2. The molecule has 1 N–H and O–H groups in total. The van der Waals surface area contributed by atoms with Gasteiger partial charge in [0.25, 0.3) is 0 Å². The lowest BCUT2D eigenvalue weighted by Crippen LogP contribution is -2.60. The van der Waals surface area contributed by atoms with Gasteiger partial charge in [-0.25, -0.2) is 9.37 Å². The number of nitrogens with zero attached hydrogens (tertiary/aromatic N) is 1. The van der Waals surface area contributed by atoms with Gasteiger partial charge in [-0.1, -0.05) is 0 Å². The lowest BCUT2D eigenvalue weighted by molar-refractivity contribution is 0.0532. The van der Waals surface area contributed by atoms with Crippen molar-refractivity contribution in [3.63, 3.8) is 0 Å². The summed E-state index contributed by atoms with van der Waals surface area (Å²) in [5, 5.41) is 4.43. The molecule has 1 aromatic carbocycles. The molecule has 0 amide bonds. The van der Waals surface area contributed by atoms with Crippen molar-refractivity contribution in [1.82, 2.24) is 10.3 Å². The molecular formula is C18H23FN2O. The van der Waals surface area contributed by atoms with Crippen LogP contribution >= 0.6 is 0 Å². The first kappa shape index (κ1) is 15.2. The van der Waals surface area contributed by atoms with Crippen LogP contribution in [0.2, 0.25) is 0 Å². The molecule has 1 fully saturated rings. The summed E-state index contributed by atoms with van der Waals surface area (Å²) >= 11 is 0. The molecular weight excluding hydrogens is 279 g/mol. The van der Waals surface area contributed by atoms with Crippen molar-refractivity contribution >= 4 is 10.9 Å². The molecule has 4 heteroatoms. The lowest BCUT2D eigenvalue weighted by Gasteiger charge is -2.46. The SMILES string of the molecule is CC1(C)CC(Oc2ccc3cc(F)ccc3n2)CC(C)(C)N1. The summed E-state index contributed by atoms with van der Waals surface area (Å²) in [5.41, 5.74) is 0.824. The first-order valence-corrected chi connectivity index (χ1v) is 7.75. The minimum Gasteiger partial charge on any atom is -0.474 e. The van der Waals surface area contributed by atoms with Crippen molar-refractivity contribution in [2.24, 2.45) is 0 Å². The number of pyridine rings is 1. The van der Waals surface area contributed by atoms with Gasteiger partial charge >= 0.3 is 0 Å². The van der Waals surface area contributed by atoms with E-state index in [0.717, 1.165) is 23.7 Å². The van der Waals surface area contributed by atoms with Crippen LogP contribution in [0.15, 0.2) is 30.3 Å². The normalized spacial score (nSPS) is 21.0. The highest BCUT2D eigenvalue weighted by atomic mass is 19.1. The second-order valence-electron chi connectivity index (χ2n) is 7.53. The van der Waals surface area contributed by atoms with Crippen LogP contribution in [0.1, 0.15) is 40.5 Å². The lowest BCUT2D eigenvalue weighted by atomic mass is 9.81. The zero-order valence-corrected chi connectivity index (χ0v) is 13.6. The number of hydrogen-bond acceptors (Lipinski definition) is 3. The molecule has 118 valence electrons. The molecule has 3 rings (SSSR count). The molecule has 3 nitrogen and oxygen atoms in total. The van der Waals surface area contributed by atoms with Gasteiger partial charge in [0, 0.05) is 35.4 Å². The van der Waals surface area contributed by atoms with Gasteiger partial charge in [0.2, 0.25) is 5.88 Å². The topological polar surface area (TPSA) is 34.1 Å². The third-order valence-electron chi connectivity index (χ3n) is 4.07. The molecule has 0 unspecified atom stereocenters. The van der Waals surface area contributed by atoms with E-state index in [1.165, 1.54) is 12.1 Å². The van der Waals surface area contributed by atoms with Crippen LogP contribution in [0.3, 0.4) is 0 Å². The summed E-state index contributed by atoms with van der Waals surface area (Å²) in [7, 11) is 0. The maximum atomic E-state index is 13.2. The highest BCUT2D eigenvalue weighted by Gasteiger charge is 2.38. The summed E-state index contributed by atoms with van der Waals surface area (Å²) in [6.07, 6.45) is 1.98. The van der Waals surface area contributed by atoms with Crippen LogP contribution in [0.25, 0.3) is 10.9 Å². The third-order valence-corrected chi connectivity index (χ3v) is 4.07. The second kappa shape index (κ2) is 5.20. The van der Waals surface area contributed by atoms with E-state index in [1.807, 2.05) is 12.1 Å². The number of nitrogens with one attached hydrogen (secondary N) is 1. The molecule has 1 aliphatic rings. The molecule has 22 heavy (non-hydrogen) atoms. The fourth-order valence-electron chi connectivity index (χ4n) is 3.63. The zero-order valence-electron chi connectivity index (χ0n) is 13.6. The molecule has 0 bridgehead atoms. The zero-order chi connectivity index (χ0) is 16.0. The average Bonchev–Trinajstić information content (AvgIpc) is 2.35. The third kappa shape index (κ3) is 3.38. The summed E-state index contributed by atoms with van der Waals surface area (Å²) in [6.45, 7) is 8.78. The van der Waals surface area contributed by atoms with E-state index in [-0.39, 0.29) is 23.0 Å². The second-order valence-corrected chi connectivity index (χ2v) is 7.53. The van der Waals surface area contributed by atoms with Gasteiger partial charge in [0.15, 0.2) is 0 Å². The van der Waals surface area contributed by atoms with Crippen molar-refractivity contribution in [2.45, 2.75) is 57.7 Å². The highest BCUT2D eigenvalue weighted by Crippen LogP contribution is 2.31. The molecule has 2 aromatic rings. The molecule has 1 aromatic heterocycles. The minimum absolute atomic E-state index is 0.0341. The van der Waals surface area contributed by atoms with Gasteiger partial charge in [-0.05, 0) is 52.0 Å². The summed E-state index contributed by atoms with van der Waals surface area (Å²) in [4.78, 5) is 4.50. The van der Waals surface area contributed by atoms with E-state index in [0.29, 0.717) is 5.88 Å². The number of fused-ring (bicyclic) bond motifs is 1. The van der Waals surface area contributed by atoms with E-state index in [1.54, 1.807) is 6.07 Å². The standard InChI is InChI=1S/C18H23FN2O/c1-17(2)10-14(11-18(3,4)21-17)22-16-8-5-12-9-13(19)6-7-15(12)20-16/h5-9,14,21H,10-11H2,1-4H3. The quantitative estimate of drug-likeness (QED) is 0.908. The Hall–Kier alpha value is -1.68. The van der Waals surface area contributed by atoms with Crippen LogP contribution in [0.4, 0.5) is 4.39 Å². The summed E-state index contributed by atoms with van der Waals surface area (Å²) in [5.74, 6) is 0.363. The number of benzene rings is 1. The fraction of sp³-hybridized carbons (Fsp3) is 0.500. The van der Waals surface area contributed by atoms with Crippen LogP contribution in [0, 0.1) is 5.82 Å². The Balaban J connectivity index is 1.82. The van der Waals surface area contributed by atoms with Gasteiger partial charge in [-0.3, -0.25) is 0 Å². The van der Waals surface area contributed by atoms with Gasteiger partial charge in [-0.15, -0.1) is 0 Å². The molecule has 0 atom stereocenters. The number of piperidine rings is 1. The van der Waals surface area contributed by atoms with E-state index in [2.05, 4.69) is 38.0 Å². The largest absolute Gasteiger partial charge is 0.474 e. The number of halogens is 1. The Kier molecular flexibility index (Phi) is 3.60. The smallest absolute Gasteiger partial charge is 0.214 e. The summed E-state index contributed by atoms with van der Waals surface area (Å²) < 4.78 is 19.3. The van der Waals surface area contributed by atoms with Crippen molar-refractivity contribution in [2.75, 3.05) is 0 Å². The Morgan fingerprint density at radius 2 is 1.77 bits per heavy atom. The van der Waals surface area contributed by atoms with E-state index >= 15 is 0 Å². The molecule has 1 aliphatic heterocycles. The predicted octanol–water partition coefficient (Wildman–Crippen LogP) is 4.06. The van der Waals surface area contributed by atoms with Crippen molar-refractivity contribution in [3.8, 4) is 5.88 Å². The van der Waals surface area contributed by atoms with Crippen LogP contribution in [-0.2, 0) is 0 Å². The first-order valence-electron chi connectivity index (χ1n) is 7.75. The van der Waals surface area contributed by atoms with Gasteiger partial charge in [0.05, 0.1) is 5.52 Å². The maximum Gasteiger partial charge on any atom is 0.214 e. The number of rotatable bonds is 2. The molecule has 0 aliphatic carbocycles. The van der Waals surface area contributed by atoms with E-state index in [9.17, 15) is 4.39 Å². The highest BCUT2D eigenvalue weighted by molar-refractivity contribution is 5.78. The Labute approximate surface area is 130 Å². The molecule has 0 spiro atoms. The molecule has 2 heterocycles. The number of ether oxygens (including phenoxy) is 1. The van der Waals surface area contributed by atoms with Crippen molar-refractivity contribution in [3.05, 3.63) is 36.1 Å². The van der Waals surface area contributed by atoms with Crippen molar-refractivity contribution in [1.29, 1.82) is 0 Å². The Morgan fingerprint density at radius 3 is 2.45 bits per heavy atom. The van der Waals surface area contributed by atoms with E-state index in [4.69, 9.17) is 4.74 Å². The van der Waals surface area contributed by atoms with Gasteiger partial charge < -0.3 is 10.1 Å². The average molecular weight is 302 g/mol. The number of hydrogen-bond donors (Lipinski definition) is 1. The van der Waals surface area contributed by atoms with Gasteiger partial charge in [0.1, 0.15) is 11.9 Å². The van der Waals surface area contributed by atoms with Crippen LogP contribution in [-0.4, -0.2) is 22.2 Å². The molecule has 0 saturated carbocycles. The van der Waals surface area contributed by atoms with Crippen LogP contribution < -0.4 is 10.1 Å². The molecule has 0 radical (unpaired) electrons. The monoisotopic (exact) mass is 302 g/mol. The first-order chi connectivity index (χ1) is 10.2. The van der Waals surface area contributed by atoms with Crippen molar-refractivity contribution < 1.29 is 9.13 Å².